The van der Waals surface area contributed by atoms with Gasteiger partial charge in [-0.05, 0) is 27.7 Å². The fraction of sp³-hybridized carbons (Fsp3) is 0.636. The lowest BCUT2D eigenvalue weighted by Crippen LogP contribution is -2.46. The summed E-state index contributed by atoms with van der Waals surface area (Å²) in [7, 11) is 1.83. The summed E-state index contributed by atoms with van der Waals surface area (Å²) in [4.78, 5) is 19.1. The normalized spacial score (nSPS) is 11.6. The second kappa shape index (κ2) is 4.84. The third-order valence-electron chi connectivity index (χ3n) is 2.64. The highest BCUT2D eigenvalue weighted by Gasteiger charge is 2.29. The molecule has 0 fully saturated rings. The molecule has 0 aliphatic heterocycles. The Hall–Kier alpha value is -0.420. The minimum atomic E-state index is -0.193. The van der Waals surface area contributed by atoms with Crippen LogP contribution in [0, 0.1) is 13.8 Å². The second-order valence-electron chi connectivity index (χ2n) is 4.46. The van der Waals surface area contributed by atoms with Crippen molar-refractivity contribution in [1.82, 2.24) is 9.88 Å². The van der Waals surface area contributed by atoms with Crippen molar-refractivity contribution in [2.45, 2.75) is 33.2 Å². The zero-order chi connectivity index (χ0) is 12.5. The van der Waals surface area contributed by atoms with Gasteiger partial charge in [-0.25, -0.2) is 4.98 Å². The van der Waals surface area contributed by atoms with Crippen LogP contribution < -0.4 is 0 Å². The summed E-state index contributed by atoms with van der Waals surface area (Å²) in [6.45, 7) is 7.86. The molecule has 0 spiro atoms. The Balaban J connectivity index is 2.99. The molecule has 1 rings (SSSR count). The first-order valence-corrected chi connectivity index (χ1v) is 7.01. The van der Waals surface area contributed by atoms with Crippen LogP contribution in [0.2, 0.25) is 0 Å². The van der Waals surface area contributed by atoms with Crippen LogP contribution in [0.1, 0.15) is 34.2 Å². The lowest BCUT2D eigenvalue weighted by atomic mass is 10.1. The second-order valence-corrected chi connectivity index (χ2v) is 6.22. The first-order chi connectivity index (χ1) is 7.29. The van der Waals surface area contributed by atoms with Crippen LogP contribution in [-0.2, 0) is 0 Å². The number of nitrogens with zero attached hydrogens (tertiary/aromatic N) is 2. The number of alkyl halides is 1. The lowest BCUT2D eigenvalue weighted by molar-refractivity contribution is 0.0667. The molecule has 0 saturated carbocycles. The highest BCUT2D eigenvalue weighted by atomic mass is 79.9. The Labute approximate surface area is 109 Å². The monoisotopic (exact) mass is 304 g/mol. The van der Waals surface area contributed by atoms with E-state index >= 15 is 0 Å². The van der Waals surface area contributed by atoms with Crippen LogP contribution in [0.25, 0.3) is 0 Å². The molecule has 0 N–H and O–H groups in total. The minimum Gasteiger partial charge on any atom is -0.335 e. The van der Waals surface area contributed by atoms with Crippen molar-refractivity contribution in [2.75, 3.05) is 12.4 Å². The molecule has 0 atom stereocenters. The molecular formula is C11H17BrN2OS. The van der Waals surface area contributed by atoms with Crippen molar-refractivity contribution in [3.8, 4) is 0 Å². The van der Waals surface area contributed by atoms with Gasteiger partial charge >= 0.3 is 0 Å². The van der Waals surface area contributed by atoms with E-state index in [2.05, 4.69) is 20.9 Å². The predicted octanol–water partition coefficient (Wildman–Crippen LogP) is 3.01. The number of rotatable bonds is 3. The third-order valence-corrected chi connectivity index (χ3v) is 5.07. The van der Waals surface area contributed by atoms with E-state index in [1.807, 2.05) is 34.7 Å². The van der Waals surface area contributed by atoms with Crippen LogP contribution in [0.3, 0.4) is 0 Å². The number of hydrogen-bond donors (Lipinski definition) is 0. The number of aryl methyl sites for hydroxylation is 2. The van der Waals surface area contributed by atoms with Gasteiger partial charge in [-0.2, -0.15) is 0 Å². The fourth-order valence-electron chi connectivity index (χ4n) is 1.25. The molecule has 1 amide bonds. The molecule has 90 valence electrons. The largest absolute Gasteiger partial charge is 0.335 e. The summed E-state index contributed by atoms with van der Waals surface area (Å²) in [5.74, 6) is 0.0487. The minimum absolute atomic E-state index is 0.0487. The van der Waals surface area contributed by atoms with E-state index in [1.165, 1.54) is 11.3 Å². The fourth-order valence-corrected chi connectivity index (χ4v) is 2.52. The third kappa shape index (κ3) is 2.63. The molecule has 1 aromatic heterocycles. The molecule has 1 aromatic rings. The Bertz CT molecular complexity index is 401. The van der Waals surface area contributed by atoms with Gasteiger partial charge in [0.05, 0.1) is 10.7 Å². The Morgan fingerprint density at radius 3 is 2.44 bits per heavy atom. The number of halogens is 1. The quantitative estimate of drug-likeness (QED) is 0.804. The van der Waals surface area contributed by atoms with E-state index in [9.17, 15) is 4.79 Å². The van der Waals surface area contributed by atoms with Gasteiger partial charge in [-0.3, -0.25) is 4.79 Å². The zero-order valence-electron chi connectivity index (χ0n) is 10.3. The van der Waals surface area contributed by atoms with Gasteiger partial charge in [0, 0.05) is 17.9 Å². The van der Waals surface area contributed by atoms with E-state index in [0.29, 0.717) is 0 Å². The number of carbonyl (C=O) groups is 1. The summed E-state index contributed by atoms with van der Waals surface area (Å²) >= 11 is 4.89. The Morgan fingerprint density at radius 1 is 1.50 bits per heavy atom. The predicted molar refractivity (Wildman–Crippen MR) is 71.6 cm³/mol. The van der Waals surface area contributed by atoms with Gasteiger partial charge in [-0.1, -0.05) is 15.9 Å². The molecule has 5 heteroatoms. The summed E-state index contributed by atoms with van der Waals surface area (Å²) in [6, 6.07) is 0. The van der Waals surface area contributed by atoms with Crippen molar-refractivity contribution in [3.05, 3.63) is 15.6 Å². The molecule has 0 aliphatic carbocycles. The van der Waals surface area contributed by atoms with Crippen molar-refractivity contribution in [3.63, 3.8) is 0 Å². The van der Waals surface area contributed by atoms with E-state index < -0.39 is 0 Å². The van der Waals surface area contributed by atoms with E-state index in [0.717, 1.165) is 20.9 Å². The van der Waals surface area contributed by atoms with Crippen molar-refractivity contribution < 1.29 is 4.79 Å². The molecular weight excluding hydrogens is 288 g/mol. The summed E-state index contributed by atoms with van der Waals surface area (Å²) in [5.41, 5.74) is 0.631. The topological polar surface area (TPSA) is 33.2 Å². The maximum atomic E-state index is 12.3. The first kappa shape index (κ1) is 13.6. The molecule has 0 aromatic carbocycles. The molecule has 3 nitrogen and oxygen atoms in total. The van der Waals surface area contributed by atoms with Crippen molar-refractivity contribution in [1.29, 1.82) is 0 Å². The maximum absolute atomic E-state index is 12.3. The number of hydrogen-bond acceptors (Lipinski definition) is 3. The van der Waals surface area contributed by atoms with Crippen LogP contribution in [0.4, 0.5) is 0 Å². The average Bonchev–Trinajstić information content (AvgIpc) is 2.55. The molecule has 0 bridgehead atoms. The van der Waals surface area contributed by atoms with E-state index in [1.54, 1.807) is 4.90 Å². The highest BCUT2D eigenvalue weighted by molar-refractivity contribution is 9.09. The lowest BCUT2D eigenvalue weighted by Gasteiger charge is -2.33. The number of carbonyl (C=O) groups excluding carboxylic acids is 1. The highest BCUT2D eigenvalue weighted by Crippen LogP contribution is 2.23. The molecule has 0 aliphatic rings. The molecule has 0 radical (unpaired) electrons. The van der Waals surface area contributed by atoms with Crippen LogP contribution in [-0.4, -0.2) is 33.7 Å². The van der Waals surface area contributed by atoms with Gasteiger partial charge < -0.3 is 4.90 Å². The number of thiazole rings is 1. The average molecular weight is 305 g/mol. The maximum Gasteiger partial charge on any atom is 0.266 e. The molecule has 1 heterocycles. The summed E-state index contributed by atoms with van der Waals surface area (Å²) in [6.07, 6.45) is 0. The number of aromatic nitrogens is 1. The standard InChI is InChI=1S/C11H17BrN2OS/c1-7-9(16-8(2)13-7)10(15)14(5)11(3,4)6-12/h6H2,1-5H3. The van der Waals surface area contributed by atoms with Gasteiger partial charge in [0.2, 0.25) is 0 Å². The van der Waals surface area contributed by atoms with Gasteiger partial charge in [0.1, 0.15) is 4.88 Å². The first-order valence-electron chi connectivity index (χ1n) is 5.07. The summed E-state index contributed by atoms with van der Waals surface area (Å²) in [5, 5.41) is 1.69. The summed E-state index contributed by atoms with van der Waals surface area (Å²) < 4.78 is 0. The Morgan fingerprint density at radius 2 is 2.06 bits per heavy atom. The van der Waals surface area contributed by atoms with Gasteiger partial charge in [0.25, 0.3) is 5.91 Å². The number of amides is 1. The van der Waals surface area contributed by atoms with Crippen LogP contribution >= 0.6 is 27.3 Å². The Kier molecular flexibility index (Phi) is 4.12. The van der Waals surface area contributed by atoms with Crippen LogP contribution in [0.5, 0.6) is 0 Å². The smallest absolute Gasteiger partial charge is 0.266 e. The van der Waals surface area contributed by atoms with Gasteiger partial charge in [0.15, 0.2) is 0 Å². The molecule has 16 heavy (non-hydrogen) atoms. The molecule has 0 unspecified atom stereocenters. The van der Waals surface area contributed by atoms with Crippen molar-refractivity contribution >= 4 is 33.2 Å². The zero-order valence-corrected chi connectivity index (χ0v) is 12.7. The van der Waals surface area contributed by atoms with Gasteiger partial charge in [-0.15, -0.1) is 11.3 Å². The van der Waals surface area contributed by atoms with E-state index in [-0.39, 0.29) is 11.4 Å². The van der Waals surface area contributed by atoms with Crippen molar-refractivity contribution in [2.24, 2.45) is 0 Å². The SMILES string of the molecule is Cc1nc(C)c(C(=O)N(C)C(C)(C)CBr)s1. The van der Waals surface area contributed by atoms with E-state index in [4.69, 9.17) is 0 Å². The van der Waals surface area contributed by atoms with Crippen LogP contribution in [0.15, 0.2) is 0 Å². The molecule has 0 saturated heterocycles.